The first-order chi connectivity index (χ1) is 6.75. The van der Waals surface area contributed by atoms with Crippen molar-refractivity contribution < 1.29 is 4.74 Å². The molecule has 2 N–H and O–H groups in total. The van der Waals surface area contributed by atoms with Crippen LogP contribution in [0.15, 0.2) is 18.3 Å². The molecule has 1 aliphatic rings. The number of ether oxygens (including phenoxy) is 1. The summed E-state index contributed by atoms with van der Waals surface area (Å²) in [6.07, 6.45) is 5.73. The fourth-order valence-electron chi connectivity index (χ4n) is 1.43. The maximum atomic E-state index is 5.78. The fraction of sp³-hybridized carbons (Fsp3) is 0.545. The van der Waals surface area contributed by atoms with Crippen LogP contribution in [0.2, 0.25) is 0 Å². The van der Waals surface area contributed by atoms with Crippen molar-refractivity contribution in [3.63, 3.8) is 0 Å². The number of rotatable bonds is 3. The molecule has 1 aliphatic carbocycles. The summed E-state index contributed by atoms with van der Waals surface area (Å²) in [6.45, 7) is 1.96. The number of hydrogen-bond donors (Lipinski definition) is 1. The Hall–Kier alpha value is -1.09. The molecule has 0 spiro atoms. The minimum Gasteiger partial charge on any atom is -0.474 e. The summed E-state index contributed by atoms with van der Waals surface area (Å²) in [4.78, 5) is 4.17. The van der Waals surface area contributed by atoms with E-state index >= 15 is 0 Å². The molecule has 0 amide bonds. The van der Waals surface area contributed by atoms with Crippen molar-refractivity contribution >= 4 is 0 Å². The Labute approximate surface area is 84.3 Å². The quantitative estimate of drug-likeness (QED) is 0.797. The first-order valence-electron chi connectivity index (χ1n) is 5.14. The Morgan fingerprint density at radius 2 is 2.36 bits per heavy atom. The molecule has 0 saturated heterocycles. The summed E-state index contributed by atoms with van der Waals surface area (Å²) in [5, 5.41) is 0. The van der Waals surface area contributed by atoms with Crippen LogP contribution in [-0.4, -0.2) is 11.1 Å². The standard InChI is InChI=1S/C11H16N2O/c1-8(12)9-5-6-13-11(7-9)14-10-3-2-4-10/h5-8,10H,2-4,12H2,1H3/t8-/m0/s1. The van der Waals surface area contributed by atoms with Gasteiger partial charge < -0.3 is 10.5 Å². The highest BCUT2D eigenvalue weighted by molar-refractivity contribution is 5.23. The van der Waals surface area contributed by atoms with E-state index in [0.717, 1.165) is 18.4 Å². The summed E-state index contributed by atoms with van der Waals surface area (Å²) in [5.41, 5.74) is 6.85. The van der Waals surface area contributed by atoms with E-state index in [1.807, 2.05) is 19.1 Å². The van der Waals surface area contributed by atoms with Gasteiger partial charge in [0.05, 0.1) is 0 Å². The van der Waals surface area contributed by atoms with E-state index in [-0.39, 0.29) is 6.04 Å². The maximum absolute atomic E-state index is 5.78. The van der Waals surface area contributed by atoms with Crippen LogP contribution in [0.3, 0.4) is 0 Å². The van der Waals surface area contributed by atoms with Crippen molar-refractivity contribution in [1.82, 2.24) is 4.98 Å². The number of nitrogens with zero attached hydrogens (tertiary/aromatic N) is 1. The van der Waals surface area contributed by atoms with Gasteiger partial charge in [-0.3, -0.25) is 0 Å². The van der Waals surface area contributed by atoms with E-state index < -0.39 is 0 Å². The Bertz CT molecular complexity index is 308. The van der Waals surface area contributed by atoms with Gasteiger partial charge in [-0.15, -0.1) is 0 Å². The van der Waals surface area contributed by atoms with Crippen molar-refractivity contribution in [3.8, 4) is 5.88 Å². The lowest BCUT2D eigenvalue weighted by molar-refractivity contribution is 0.114. The number of nitrogens with two attached hydrogens (primary N) is 1. The van der Waals surface area contributed by atoms with Gasteiger partial charge in [0, 0.05) is 18.3 Å². The smallest absolute Gasteiger partial charge is 0.213 e. The molecule has 1 atom stereocenters. The van der Waals surface area contributed by atoms with Crippen LogP contribution in [-0.2, 0) is 0 Å². The molecule has 1 aromatic heterocycles. The highest BCUT2D eigenvalue weighted by Gasteiger charge is 2.19. The van der Waals surface area contributed by atoms with Crippen LogP contribution in [0.5, 0.6) is 5.88 Å². The maximum Gasteiger partial charge on any atom is 0.213 e. The van der Waals surface area contributed by atoms with E-state index in [0.29, 0.717) is 12.0 Å². The number of hydrogen-bond acceptors (Lipinski definition) is 3. The molecule has 0 aliphatic heterocycles. The third kappa shape index (κ3) is 2.04. The van der Waals surface area contributed by atoms with Crippen LogP contribution >= 0.6 is 0 Å². The summed E-state index contributed by atoms with van der Waals surface area (Å²) in [5.74, 6) is 0.713. The van der Waals surface area contributed by atoms with Gasteiger partial charge in [-0.25, -0.2) is 4.98 Å². The highest BCUT2D eigenvalue weighted by atomic mass is 16.5. The fourth-order valence-corrected chi connectivity index (χ4v) is 1.43. The lowest BCUT2D eigenvalue weighted by Gasteiger charge is -2.25. The second-order valence-corrected chi connectivity index (χ2v) is 3.89. The molecule has 0 bridgehead atoms. The number of aromatic nitrogens is 1. The molecule has 1 aromatic rings. The van der Waals surface area contributed by atoms with Gasteiger partial charge in [0.2, 0.25) is 5.88 Å². The number of pyridine rings is 1. The molecule has 76 valence electrons. The molecule has 0 radical (unpaired) electrons. The first kappa shape index (κ1) is 9.46. The van der Waals surface area contributed by atoms with Crippen molar-refractivity contribution in [1.29, 1.82) is 0 Å². The minimum absolute atomic E-state index is 0.0433. The van der Waals surface area contributed by atoms with E-state index in [4.69, 9.17) is 10.5 Å². The Kier molecular flexibility index (Phi) is 2.68. The third-order valence-electron chi connectivity index (χ3n) is 2.62. The summed E-state index contributed by atoms with van der Waals surface area (Å²) < 4.78 is 5.67. The van der Waals surface area contributed by atoms with E-state index in [1.165, 1.54) is 6.42 Å². The molecule has 1 saturated carbocycles. The second kappa shape index (κ2) is 3.96. The van der Waals surface area contributed by atoms with Crippen molar-refractivity contribution in [2.45, 2.75) is 38.3 Å². The molecular formula is C11H16N2O. The average Bonchev–Trinajstić information content (AvgIpc) is 2.12. The first-order valence-corrected chi connectivity index (χ1v) is 5.14. The Morgan fingerprint density at radius 1 is 1.57 bits per heavy atom. The van der Waals surface area contributed by atoms with Crippen molar-refractivity contribution in [3.05, 3.63) is 23.9 Å². The summed E-state index contributed by atoms with van der Waals surface area (Å²) in [6, 6.07) is 3.91. The predicted octanol–water partition coefficient (Wildman–Crippen LogP) is 2.03. The monoisotopic (exact) mass is 192 g/mol. The topological polar surface area (TPSA) is 48.1 Å². The van der Waals surface area contributed by atoms with Crippen LogP contribution in [0.25, 0.3) is 0 Å². The van der Waals surface area contributed by atoms with Crippen LogP contribution in [0, 0.1) is 0 Å². The Balaban J connectivity index is 2.05. The van der Waals surface area contributed by atoms with Gasteiger partial charge in [-0.2, -0.15) is 0 Å². The van der Waals surface area contributed by atoms with Gasteiger partial charge in [0.1, 0.15) is 6.10 Å². The minimum atomic E-state index is 0.0433. The third-order valence-corrected chi connectivity index (χ3v) is 2.62. The van der Waals surface area contributed by atoms with E-state index in [9.17, 15) is 0 Å². The van der Waals surface area contributed by atoms with Gasteiger partial charge in [0.25, 0.3) is 0 Å². The lowest BCUT2D eigenvalue weighted by Crippen LogP contribution is -2.25. The Morgan fingerprint density at radius 3 is 2.93 bits per heavy atom. The zero-order chi connectivity index (χ0) is 9.97. The zero-order valence-electron chi connectivity index (χ0n) is 8.44. The average molecular weight is 192 g/mol. The second-order valence-electron chi connectivity index (χ2n) is 3.89. The lowest BCUT2D eigenvalue weighted by atomic mass is 9.96. The molecule has 3 heteroatoms. The van der Waals surface area contributed by atoms with Crippen LogP contribution < -0.4 is 10.5 Å². The molecular weight excluding hydrogens is 176 g/mol. The van der Waals surface area contributed by atoms with E-state index in [2.05, 4.69) is 4.98 Å². The summed E-state index contributed by atoms with van der Waals surface area (Å²) in [7, 11) is 0. The van der Waals surface area contributed by atoms with Gasteiger partial charge in [0.15, 0.2) is 0 Å². The molecule has 14 heavy (non-hydrogen) atoms. The van der Waals surface area contributed by atoms with Crippen LogP contribution in [0.1, 0.15) is 37.8 Å². The SMILES string of the molecule is C[C@H](N)c1ccnc(OC2CCC2)c1. The van der Waals surface area contributed by atoms with Gasteiger partial charge in [-0.1, -0.05) is 0 Å². The highest BCUT2D eigenvalue weighted by Crippen LogP contribution is 2.24. The van der Waals surface area contributed by atoms with Gasteiger partial charge >= 0.3 is 0 Å². The summed E-state index contributed by atoms with van der Waals surface area (Å²) >= 11 is 0. The molecule has 2 rings (SSSR count). The van der Waals surface area contributed by atoms with Crippen molar-refractivity contribution in [2.24, 2.45) is 5.73 Å². The molecule has 3 nitrogen and oxygen atoms in total. The molecule has 1 heterocycles. The van der Waals surface area contributed by atoms with Gasteiger partial charge in [-0.05, 0) is 37.8 Å². The van der Waals surface area contributed by atoms with E-state index in [1.54, 1.807) is 6.20 Å². The normalized spacial score (nSPS) is 18.7. The molecule has 1 fully saturated rings. The van der Waals surface area contributed by atoms with Crippen LogP contribution in [0.4, 0.5) is 0 Å². The molecule has 0 aromatic carbocycles. The largest absolute Gasteiger partial charge is 0.474 e. The predicted molar refractivity (Wildman–Crippen MR) is 55.1 cm³/mol. The zero-order valence-corrected chi connectivity index (χ0v) is 8.44. The molecule has 0 unspecified atom stereocenters. The van der Waals surface area contributed by atoms with Crippen molar-refractivity contribution in [2.75, 3.05) is 0 Å².